The number of hydrogen-bond donors (Lipinski definition) is 1. The van der Waals surface area contributed by atoms with Crippen molar-refractivity contribution in [2.24, 2.45) is 17.8 Å². The molecule has 1 aromatic rings. The second-order valence-electron chi connectivity index (χ2n) is 9.22. The van der Waals surface area contributed by atoms with Gasteiger partial charge in [-0.3, -0.25) is 0 Å². The first-order valence-corrected chi connectivity index (χ1v) is 11.4. The molecule has 2 atom stereocenters. The molecule has 0 amide bonds. The lowest BCUT2D eigenvalue weighted by Gasteiger charge is -2.61. The minimum absolute atomic E-state index is 0.142. The van der Waals surface area contributed by atoms with Crippen molar-refractivity contribution < 1.29 is 8.42 Å². The second kappa shape index (κ2) is 5.49. The maximum Gasteiger partial charge on any atom is 0.212 e. The highest BCUT2D eigenvalue weighted by Crippen LogP contribution is 2.60. The van der Waals surface area contributed by atoms with E-state index >= 15 is 0 Å². The van der Waals surface area contributed by atoms with Gasteiger partial charge in [0, 0.05) is 5.54 Å². The summed E-state index contributed by atoms with van der Waals surface area (Å²) in [7, 11) is -3.24. The number of tetrazole rings is 1. The summed E-state index contributed by atoms with van der Waals surface area (Å²) in [5, 5.41) is 12.4. The van der Waals surface area contributed by atoms with Crippen LogP contribution in [0.4, 0.5) is 0 Å². The van der Waals surface area contributed by atoms with E-state index in [1.807, 2.05) is 0 Å². The monoisotopic (exact) mass is 365 g/mol. The van der Waals surface area contributed by atoms with Crippen molar-refractivity contribution >= 4 is 10.0 Å². The lowest BCUT2D eigenvalue weighted by Crippen LogP contribution is -2.66. The van der Waals surface area contributed by atoms with E-state index in [9.17, 15) is 8.42 Å². The molecular formula is C17H27N5O2S. The Morgan fingerprint density at radius 1 is 1.12 bits per heavy atom. The Morgan fingerprint density at radius 3 is 2.48 bits per heavy atom. The molecule has 8 heteroatoms. The summed E-state index contributed by atoms with van der Waals surface area (Å²) in [6.45, 7) is 0. The van der Waals surface area contributed by atoms with E-state index in [0.717, 1.165) is 44.9 Å². The fourth-order valence-electron chi connectivity index (χ4n) is 6.81. The Balaban J connectivity index is 1.41. The molecule has 1 N–H and O–H groups in total. The van der Waals surface area contributed by atoms with E-state index in [0.29, 0.717) is 23.5 Å². The zero-order chi connectivity index (χ0) is 17.1. The molecule has 5 aliphatic rings. The minimum Gasteiger partial charge on any atom is -0.212 e. The highest BCUT2D eigenvalue weighted by Gasteiger charge is 2.60. The molecule has 5 saturated carbocycles. The molecule has 0 aliphatic heterocycles. The van der Waals surface area contributed by atoms with Gasteiger partial charge in [-0.05, 0) is 74.3 Å². The van der Waals surface area contributed by atoms with E-state index in [4.69, 9.17) is 0 Å². The van der Waals surface area contributed by atoms with Crippen molar-refractivity contribution in [1.29, 1.82) is 0 Å². The summed E-state index contributed by atoms with van der Waals surface area (Å²) in [5.74, 6) is 1.79. The zero-order valence-corrected chi connectivity index (χ0v) is 15.4. The van der Waals surface area contributed by atoms with E-state index < -0.39 is 10.0 Å². The number of nitrogens with zero attached hydrogens (tertiary/aromatic N) is 4. The van der Waals surface area contributed by atoms with Gasteiger partial charge < -0.3 is 0 Å². The summed E-state index contributed by atoms with van der Waals surface area (Å²) >= 11 is 0. The molecular weight excluding hydrogens is 338 g/mol. The van der Waals surface area contributed by atoms with Crippen LogP contribution in [0.3, 0.4) is 0 Å². The van der Waals surface area contributed by atoms with Gasteiger partial charge in [0.15, 0.2) is 6.33 Å². The number of nitrogens with one attached hydrogen (secondary N) is 1. The molecule has 138 valence electrons. The average molecular weight is 366 g/mol. The van der Waals surface area contributed by atoms with Gasteiger partial charge >= 0.3 is 0 Å². The van der Waals surface area contributed by atoms with Crippen molar-refractivity contribution in [2.75, 3.05) is 5.75 Å². The predicted molar refractivity (Wildman–Crippen MR) is 92.1 cm³/mol. The van der Waals surface area contributed by atoms with Gasteiger partial charge in [0.05, 0.1) is 11.3 Å². The number of sulfonamides is 1. The fourth-order valence-corrected chi connectivity index (χ4v) is 8.75. The van der Waals surface area contributed by atoms with Crippen LogP contribution in [0, 0.1) is 17.8 Å². The van der Waals surface area contributed by atoms with Gasteiger partial charge in [-0.25, -0.2) is 13.1 Å². The van der Waals surface area contributed by atoms with Gasteiger partial charge in [0.1, 0.15) is 0 Å². The SMILES string of the molecule is O=S(=O)(CC1CCCC1)NC12CC3CC(C1)CC(n1ncnn1)(C3)C2. The number of rotatable bonds is 5. The number of hydrogen-bond acceptors (Lipinski definition) is 5. The lowest BCUT2D eigenvalue weighted by atomic mass is 9.50. The average Bonchev–Trinajstić information content (AvgIpc) is 3.16. The number of aromatic nitrogens is 4. The third-order valence-electron chi connectivity index (χ3n) is 7.11. The summed E-state index contributed by atoms with van der Waals surface area (Å²) in [6, 6.07) is 0. The third-order valence-corrected chi connectivity index (χ3v) is 8.76. The molecule has 0 saturated heterocycles. The Kier molecular flexibility index (Phi) is 3.55. The van der Waals surface area contributed by atoms with Crippen molar-refractivity contribution in [1.82, 2.24) is 24.9 Å². The van der Waals surface area contributed by atoms with Crippen molar-refractivity contribution in [3.05, 3.63) is 6.33 Å². The molecule has 2 unspecified atom stereocenters. The van der Waals surface area contributed by atoms with E-state index in [-0.39, 0.29) is 11.1 Å². The Labute approximate surface area is 149 Å². The third kappa shape index (κ3) is 2.81. The lowest BCUT2D eigenvalue weighted by molar-refractivity contribution is -0.0768. The largest absolute Gasteiger partial charge is 0.212 e. The van der Waals surface area contributed by atoms with Crippen LogP contribution in [0.1, 0.15) is 64.2 Å². The molecule has 1 aromatic heterocycles. The van der Waals surface area contributed by atoms with Crippen LogP contribution in [-0.4, -0.2) is 39.9 Å². The Morgan fingerprint density at radius 2 is 1.84 bits per heavy atom. The van der Waals surface area contributed by atoms with Crippen LogP contribution in [-0.2, 0) is 15.6 Å². The van der Waals surface area contributed by atoms with Gasteiger partial charge in [0.2, 0.25) is 10.0 Å². The topological polar surface area (TPSA) is 89.8 Å². The maximum absolute atomic E-state index is 12.9. The standard InChI is InChI=1S/C17H27N5O2S/c23-25(24,10-13-3-1-2-4-13)20-16-6-14-5-15(7-16)9-17(8-14,11-16)22-19-12-18-21-22/h12-15,20H,1-11H2. The van der Waals surface area contributed by atoms with Gasteiger partial charge in [-0.2, -0.15) is 4.80 Å². The molecule has 6 rings (SSSR count). The zero-order valence-electron chi connectivity index (χ0n) is 14.6. The van der Waals surface area contributed by atoms with E-state index in [1.165, 1.54) is 25.6 Å². The summed E-state index contributed by atoms with van der Waals surface area (Å²) in [6.07, 6.45) is 12.1. The van der Waals surface area contributed by atoms with Crippen molar-refractivity contribution in [3.63, 3.8) is 0 Å². The molecule has 7 nitrogen and oxygen atoms in total. The molecule has 5 fully saturated rings. The van der Waals surface area contributed by atoms with Crippen molar-refractivity contribution in [2.45, 2.75) is 75.3 Å². The Bertz CT molecular complexity index is 727. The first kappa shape index (κ1) is 16.2. The van der Waals surface area contributed by atoms with Crippen LogP contribution in [0.25, 0.3) is 0 Å². The second-order valence-corrected chi connectivity index (χ2v) is 11.0. The first-order chi connectivity index (χ1) is 12.0. The molecule has 0 radical (unpaired) electrons. The summed E-state index contributed by atoms with van der Waals surface area (Å²) in [4.78, 5) is 1.78. The van der Waals surface area contributed by atoms with Crippen molar-refractivity contribution in [3.8, 4) is 0 Å². The van der Waals surface area contributed by atoms with Crippen LogP contribution in [0.5, 0.6) is 0 Å². The highest BCUT2D eigenvalue weighted by molar-refractivity contribution is 7.89. The molecule has 0 spiro atoms. The molecule has 1 heterocycles. The quantitative estimate of drug-likeness (QED) is 0.860. The van der Waals surface area contributed by atoms with Crippen LogP contribution in [0.15, 0.2) is 6.33 Å². The van der Waals surface area contributed by atoms with Crippen LogP contribution < -0.4 is 4.72 Å². The molecule has 0 aromatic carbocycles. The van der Waals surface area contributed by atoms with E-state index in [2.05, 4.69) is 20.1 Å². The molecule has 5 aliphatic carbocycles. The summed E-state index contributed by atoms with van der Waals surface area (Å²) in [5.41, 5.74) is -0.439. The fraction of sp³-hybridized carbons (Fsp3) is 0.941. The first-order valence-electron chi connectivity index (χ1n) is 9.71. The normalized spacial score (nSPS) is 40.8. The summed E-state index contributed by atoms with van der Waals surface area (Å²) < 4.78 is 29.0. The molecule has 4 bridgehead atoms. The van der Waals surface area contributed by atoms with Crippen LogP contribution >= 0.6 is 0 Å². The molecule has 25 heavy (non-hydrogen) atoms. The highest BCUT2D eigenvalue weighted by atomic mass is 32.2. The Hall–Kier alpha value is -1.02. The van der Waals surface area contributed by atoms with Crippen LogP contribution in [0.2, 0.25) is 0 Å². The smallest absolute Gasteiger partial charge is 0.212 e. The maximum atomic E-state index is 12.9. The van der Waals surface area contributed by atoms with E-state index in [1.54, 1.807) is 4.80 Å². The van der Waals surface area contributed by atoms with Gasteiger partial charge in [-0.1, -0.05) is 12.8 Å². The minimum atomic E-state index is -3.24. The van der Waals surface area contributed by atoms with Gasteiger partial charge in [-0.15, -0.1) is 10.2 Å². The predicted octanol–water partition coefficient (Wildman–Crippen LogP) is 1.83. The van der Waals surface area contributed by atoms with Gasteiger partial charge in [0.25, 0.3) is 0 Å².